The fraction of sp³-hybridized carbons (Fsp3) is 0.500. The third-order valence-corrected chi connectivity index (χ3v) is 3.81. The molecule has 0 aliphatic heterocycles. The van der Waals surface area contributed by atoms with E-state index in [2.05, 4.69) is 0 Å². The molecule has 1 saturated carbocycles. The molecule has 0 spiro atoms. The molecule has 1 aliphatic rings. The predicted molar refractivity (Wildman–Crippen MR) is 74.6 cm³/mol. The quantitative estimate of drug-likeness (QED) is 0.801. The topological polar surface area (TPSA) is 72.3 Å². The number of halogens is 1. The lowest BCUT2D eigenvalue weighted by atomic mass is 9.85. The molecule has 0 aromatic heterocycles. The lowest BCUT2D eigenvalue weighted by Gasteiger charge is -2.33. The van der Waals surface area contributed by atoms with E-state index in [0.29, 0.717) is 18.2 Å². The van der Waals surface area contributed by atoms with Crippen molar-refractivity contribution in [3.8, 4) is 0 Å². The number of hydrogen-bond acceptors (Lipinski definition) is 3. The Labute approximate surface area is 112 Å². The molecule has 1 aromatic rings. The Bertz CT molecular complexity index is 486. The first kappa shape index (κ1) is 13.6. The first-order valence-electron chi connectivity index (χ1n) is 6.66. The van der Waals surface area contributed by atoms with Crippen molar-refractivity contribution in [2.45, 2.75) is 26.2 Å². The number of benzene rings is 1. The van der Waals surface area contributed by atoms with Gasteiger partial charge in [0.05, 0.1) is 11.3 Å². The fourth-order valence-corrected chi connectivity index (χ4v) is 2.42. The van der Waals surface area contributed by atoms with Crippen molar-refractivity contribution in [2.24, 2.45) is 11.7 Å². The summed E-state index contributed by atoms with van der Waals surface area (Å²) in [4.78, 5) is 13.2. The number of carbonyl (C=O) groups is 1. The Morgan fingerprint density at radius 3 is 2.63 bits per heavy atom. The van der Waals surface area contributed by atoms with E-state index in [4.69, 9.17) is 11.5 Å². The average molecular weight is 265 g/mol. The van der Waals surface area contributed by atoms with E-state index >= 15 is 0 Å². The van der Waals surface area contributed by atoms with E-state index < -0.39 is 11.7 Å². The highest BCUT2D eigenvalue weighted by molar-refractivity contribution is 5.99. The van der Waals surface area contributed by atoms with Crippen LogP contribution in [-0.2, 0) is 0 Å². The number of primary amides is 1. The highest BCUT2D eigenvalue weighted by Crippen LogP contribution is 2.31. The van der Waals surface area contributed by atoms with Crippen molar-refractivity contribution in [2.75, 3.05) is 23.7 Å². The first-order chi connectivity index (χ1) is 9.02. The Kier molecular flexibility index (Phi) is 3.93. The van der Waals surface area contributed by atoms with Crippen LogP contribution < -0.4 is 16.4 Å². The molecule has 1 aliphatic carbocycles. The molecular formula is C14H20FN3O. The van der Waals surface area contributed by atoms with Gasteiger partial charge in [0.1, 0.15) is 5.82 Å². The number of nitrogens with two attached hydrogens (primary N) is 2. The zero-order valence-corrected chi connectivity index (χ0v) is 11.2. The Morgan fingerprint density at radius 1 is 1.47 bits per heavy atom. The van der Waals surface area contributed by atoms with Crippen molar-refractivity contribution < 1.29 is 9.18 Å². The van der Waals surface area contributed by atoms with Gasteiger partial charge in [0.15, 0.2) is 0 Å². The fourth-order valence-electron chi connectivity index (χ4n) is 2.42. The maximum absolute atomic E-state index is 14.0. The van der Waals surface area contributed by atoms with Gasteiger partial charge in [-0.15, -0.1) is 0 Å². The Morgan fingerprint density at radius 2 is 2.16 bits per heavy atom. The minimum Gasteiger partial charge on any atom is -0.398 e. The van der Waals surface area contributed by atoms with Crippen molar-refractivity contribution in [3.63, 3.8) is 0 Å². The van der Waals surface area contributed by atoms with E-state index in [-0.39, 0.29) is 11.3 Å². The summed E-state index contributed by atoms with van der Waals surface area (Å²) in [6.45, 7) is 3.48. The van der Waals surface area contributed by atoms with Crippen molar-refractivity contribution >= 4 is 17.3 Å². The van der Waals surface area contributed by atoms with Gasteiger partial charge in [0, 0.05) is 18.8 Å². The number of nitrogen functional groups attached to an aromatic ring is 1. The number of anilines is 2. The van der Waals surface area contributed by atoms with Gasteiger partial charge in [-0.05, 0) is 37.8 Å². The maximum Gasteiger partial charge on any atom is 0.250 e. The van der Waals surface area contributed by atoms with Crippen LogP contribution in [0.5, 0.6) is 0 Å². The number of rotatable bonds is 5. The molecule has 1 aromatic carbocycles. The smallest absolute Gasteiger partial charge is 0.250 e. The zero-order chi connectivity index (χ0) is 14.0. The molecule has 5 heteroatoms. The average Bonchev–Trinajstić information content (AvgIpc) is 2.29. The van der Waals surface area contributed by atoms with Crippen LogP contribution in [0.15, 0.2) is 12.1 Å². The van der Waals surface area contributed by atoms with Gasteiger partial charge < -0.3 is 16.4 Å². The molecule has 4 nitrogen and oxygen atoms in total. The summed E-state index contributed by atoms with van der Waals surface area (Å²) in [5.74, 6) is -0.406. The molecule has 19 heavy (non-hydrogen) atoms. The molecular weight excluding hydrogens is 245 g/mol. The summed E-state index contributed by atoms with van der Waals surface area (Å²) in [6, 6.07) is 2.65. The van der Waals surface area contributed by atoms with Crippen molar-refractivity contribution in [3.05, 3.63) is 23.5 Å². The van der Waals surface area contributed by atoms with Crippen LogP contribution in [-0.4, -0.2) is 19.0 Å². The van der Waals surface area contributed by atoms with E-state index in [1.165, 1.54) is 31.4 Å². The van der Waals surface area contributed by atoms with Crippen LogP contribution in [0, 0.1) is 11.7 Å². The molecule has 4 N–H and O–H groups in total. The summed E-state index contributed by atoms with van der Waals surface area (Å²) < 4.78 is 14.0. The van der Waals surface area contributed by atoms with Gasteiger partial charge in [-0.3, -0.25) is 4.79 Å². The van der Waals surface area contributed by atoms with Gasteiger partial charge in [0.25, 0.3) is 5.91 Å². The normalized spacial score (nSPS) is 15.1. The van der Waals surface area contributed by atoms with Crippen molar-refractivity contribution in [1.82, 2.24) is 0 Å². The molecule has 1 amide bonds. The van der Waals surface area contributed by atoms with Crippen LogP contribution in [0.4, 0.5) is 15.8 Å². The molecule has 1 fully saturated rings. The van der Waals surface area contributed by atoms with Gasteiger partial charge >= 0.3 is 0 Å². The summed E-state index contributed by atoms with van der Waals surface area (Å²) >= 11 is 0. The molecule has 0 heterocycles. The van der Waals surface area contributed by atoms with E-state index in [0.717, 1.165) is 6.54 Å². The summed E-state index contributed by atoms with van der Waals surface area (Å²) in [7, 11) is 0. The monoisotopic (exact) mass is 265 g/mol. The molecule has 0 atom stereocenters. The van der Waals surface area contributed by atoms with E-state index in [1.807, 2.05) is 11.8 Å². The SMILES string of the molecule is CCN(CC1CCC1)c1cc(C(N)=O)c(N)cc1F. The summed E-state index contributed by atoms with van der Waals surface area (Å²) in [6.07, 6.45) is 3.63. The van der Waals surface area contributed by atoms with E-state index in [1.54, 1.807) is 0 Å². The molecule has 0 bridgehead atoms. The van der Waals surface area contributed by atoms with E-state index in [9.17, 15) is 9.18 Å². The van der Waals surface area contributed by atoms with Gasteiger partial charge in [0.2, 0.25) is 0 Å². The predicted octanol–water partition coefficient (Wildman–Crippen LogP) is 2.13. The highest BCUT2D eigenvalue weighted by Gasteiger charge is 2.22. The number of carbonyl (C=O) groups excluding carboxylic acids is 1. The van der Waals surface area contributed by atoms with Crippen LogP contribution in [0.2, 0.25) is 0 Å². The van der Waals surface area contributed by atoms with Crippen LogP contribution in [0.3, 0.4) is 0 Å². The Balaban J connectivity index is 2.29. The van der Waals surface area contributed by atoms with Crippen LogP contribution in [0.1, 0.15) is 36.5 Å². The zero-order valence-electron chi connectivity index (χ0n) is 11.2. The van der Waals surface area contributed by atoms with Gasteiger partial charge in [-0.1, -0.05) is 6.42 Å². The summed E-state index contributed by atoms with van der Waals surface area (Å²) in [5, 5.41) is 0. The number of nitrogens with zero attached hydrogens (tertiary/aromatic N) is 1. The standard InChI is InChI=1S/C14H20FN3O/c1-2-18(8-9-4-3-5-9)13-6-10(14(17)19)12(16)7-11(13)15/h6-7,9H,2-5,8,16H2,1H3,(H2,17,19). The number of hydrogen-bond donors (Lipinski definition) is 2. The molecule has 104 valence electrons. The largest absolute Gasteiger partial charge is 0.398 e. The molecule has 2 rings (SSSR count). The second-order valence-electron chi connectivity index (χ2n) is 5.09. The summed E-state index contributed by atoms with van der Waals surface area (Å²) in [5.41, 5.74) is 11.6. The molecule has 0 unspecified atom stereocenters. The van der Waals surface area contributed by atoms with Crippen LogP contribution >= 0.6 is 0 Å². The first-order valence-corrected chi connectivity index (χ1v) is 6.66. The lowest BCUT2D eigenvalue weighted by Crippen LogP contribution is -2.33. The third kappa shape index (κ3) is 2.80. The van der Waals surface area contributed by atoms with Crippen molar-refractivity contribution in [1.29, 1.82) is 0 Å². The minimum absolute atomic E-state index is 0.0912. The minimum atomic E-state index is -0.626. The molecule has 0 radical (unpaired) electrons. The molecule has 0 saturated heterocycles. The maximum atomic E-state index is 14.0. The second kappa shape index (κ2) is 5.47. The van der Waals surface area contributed by atoms with Gasteiger partial charge in [-0.25, -0.2) is 4.39 Å². The van der Waals surface area contributed by atoms with Gasteiger partial charge in [-0.2, -0.15) is 0 Å². The number of amides is 1. The Hall–Kier alpha value is -1.78. The highest BCUT2D eigenvalue weighted by atomic mass is 19.1. The van der Waals surface area contributed by atoms with Crippen LogP contribution in [0.25, 0.3) is 0 Å². The third-order valence-electron chi connectivity index (χ3n) is 3.81. The lowest BCUT2D eigenvalue weighted by molar-refractivity contribution is 0.100. The second-order valence-corrected chi connectivity index (χ2v) is 5.09.